The first-order valence-corrected chi connectivity index (χ1v) is 9.18. The molecule has 4 rings (SSSR count). The van der Waals surface area contributed by atoms with Crippen molar-refractivity contribution < 1.29 is 8.42 Å². The molecule has 0 fully saturated rings. The first-order chi connectivity index (χ1) is 10.6. The smallest absolute Gasteiger partial charge is 0.207 e. The number of aryl methyl sites for hydroxylation is 1. The van der Waals surface area contributed by atoms with E-state index in [1.807, 2.05) is 18.2 Å². The fourth-order valence-corrected chi connectivity index (χ4v) is 4.94. The molecule has 1 aliphatic rings. The molecular formula is C15H13N3O2S2. The lowest BCUT2D eigenvalue weighted by Gasteiger charge is -2.14. The van der Waals surface area contributed by atoms with E-state index in [1.54, 1.807) is 18.2 Å². The van der Waals surface area contributed by atoms with Crippen LogP contribution in [0.15, 0.2) is 47.4 Å². The highest BCUT2D eigenvalue weighted by atomic mass is 32.2. The zero-order valence-corrected chi connectivity index (χ0v) is 13.2. The monoisotopic (exact) mass is 331 g/mol. The summed E-state index contributed by atoms with van der Waals surface area (Å²) >= 11 is 1.02. The summed E-state index contributed by atoms with van der Waals surface area (Å²) in [5.41, 5.74) is 3.32. The lowest BCUT2D eigenvalue weighted by atomic mass is 10.1. The average molecular weight is 331 g/mol. The lowest BCUT2D eigenvalue weighted by Crippen LogP contribution is -2.27. The Labute approximate surface area is 132 Å². The fraction of sp³-hybridized carbons (Fsp3) is 0.200. The molecule has 0 radical (unpaired) electrons. The number of rotatable bonds is 3. The third kappa shape index (κ3) is 2.22. The van der Waals surface area contributed by atoms with Gasteiger partial charge in [-0.1, -0.05) is 30.3 Å². The summed E-state index contributed by atoms with van der Waals surface area (Å²) in [6.45, 7) is 0. The molecule has 2 aromatic carbocycles. The van der Waals surface area contributed by atoms with Gasteiger partial charge in [0, 0.05) is 6.04 Å². The van der Waals surface area contributed by atoms with Crippen LogP contribution in [0.3, 0.4) is 0 Å². The van der Waals surface area contributed by atoms with E-state index in [2.05, 4.69) is 19.5 Å². The maximum Gasteiger partial charge on any atom is 0.243 e. The Hall–Kier alpha value is -1.83. The summed E-state index contributed by atoms with van der Waals surface area (Å²) < 4.78 is 36.5. The summed E-state index contributed by atoms with van der Waals surface area (Å²) in [6, 6.07) is 12.8. The zero-order valence-electron chi connectivity index (χ0n) is 11.6. The second-order valence-electron chi connectivity index (χ2n) is 5.30. The predicted molar refractivity (Wildman–Crippen MR) is 85.2 cm³/mol. The van der Waals surface area contributed by atoms with Crippen molar-refractivity contribution in [2.75, 3.05) is 0 Å². The van der Waals surface area contributed by atoms with Crippen LogP contribution in [0.5, 0.6) is 0 Å². The number of fused-ring (bicyclic) bond motifs is 2. The minimum atomic E-state index is -3.63. The van der Waals surface area contributed by atoms with E-state index in [0.717, 1.165) is 30.1 Å². The van der Waals surface area contributed by atoms with Crippen LogP contribution in [-0.2, 0) is 16.4 Å². The molecule has 1 N–H and O–H groups in total. The molecule has 1 aromatic heterocycles. The van der Waals surface area contributed by atoms with Gasteiger partial charge >= 0.3 is 0 Å². The number of nitrogens with one attached hydrogen (secondary N) is 1. The summed E-state index contributed by atoms with van der Waals surface area (Å²) in [4.78, 5) is 0.197. The van der Waals surface area contributed by atoms with Crippen molar-refractivity contribution in [2.45, 2.75) is 23.8 Å². The summed E-state index contributed by atoms with van der Waals surface area (Å²) in [6.07, 6.45) is 1.68. The molecule has 1 heterocycles. The molecule has 112 valence electrons. The third-order valence-corrected chi connectivity index (χ3v) is 6.01. The molecule has 1 unspecified atom stereocenters. The number of sulfonamides is 1. The second-order valence-corrected chi connectivity index (χ2v) is 7.51. The van der Waals surface area contributed by atoms with Crippen molar-refractivity contribution in [1.82, 2.24) is 13.5 Å². The number of hydrogen-bond acceptors (Lipinski definition) is 5. The first-order valence-electron chi connectivity index (χ1n) is 6.96. The molecule has 5 nitrogen and oxygen atoms in total. The molecule has 7 heteroatoms. The lowest BCUT2D eigenvalue weighted by molar-refractivity contribution is 0.555. The van der Waals surface area contributed by atoms with Gasteiger partial charge in [0.25, 0.3) is 0 Å². The van der Waals surface area contributed by atoms with Crippen LogP contribution in [0.2, 0.25) is 0 Å². The molecule has 0 aliphatic heterocycles. The van der Waals surface area contributed by atoms with E-state index in [9.17, 15) is 8.42 Å². The Kier molecular flexibility index (Phi) is 3.21. The van der Waals surface area contributed by atoms with E-state index in [-0.39, 0.29) is 10.9 Å². The summed E-state index contributed by atoms with van der Waals surface area (Å²) in [5.74, 6) is 0. The Morgan fingerprint density at radius 1 is 1.09 bits per heavy atom. The Balaban J connectivity index is 1.72. The summed E-state index contributed by atoms with van der Waals surface area (Å²) in [5, 5.41) is 0. The van der Waals surface area contributed by atoms with E-state index in [0.29, 0.717) is 11.0 Å². The van der Waals surface area contributed by atoms with Gasteiger partial charge in [-0.25, -0.2) is 13.1 Å². The minimum absolute atomic E-state index is 0.178. The number of nitrogens with zero attached hydrogens (tertiary/aromatic N) is 2. The van der Waals surface area contributed by atoms with Crippen molar-refractivity contribution in [3.05, 3.63) is 53.6 Å². The minimum Gasteiger partial charge on any atom is -0.207 e. The van der Waals surface area contributed by atoms with Gasteiger partial charge in [0.1, 0.15) is 15.9 Å². The molecule has 22 heavy (non-hydrogen) atoms. The average Bonchev–Trinajstić information content (AvgIpc) is 3.14. The van der Waals surface area contributed by atoms with Gasteiger partial charge in [0.15, 0.2) is 0 Å². The van der Waals surface area contributed by atoms with Gasteiger partial charge in [0.2, 0.25) is 10.0 Å². The van der Waals surface area contributed by atoms with Crippen molar-refractivity contribution in [1.29, 1.82) is 0 Å². The topological polar surface area (TPSA) is 72.0 Å². The number of benzene rings is 2. The molecule has 0 spiro atoms. The van der Waals surface area contributed by atoms with Crippen molar-refractivity contribution in [2.24, 2.45) is 0 Å². The molecule has 0 amide bonds. The highest BCUT2D eigenvalue weighted by molar-refractivity contribution is 7.89. The second kappa shape index (κ2) is 5.12. The molecule has 3 aromatic rings. The van der Waals surface area contributed by atoms with Crippen molar-refractivity contribution in [3.8, 4) is 0 Å². The van der Waals surface area contributed by atoms with Gasteiger partial charge < -0.3 is 0 Å². The van der Waals surface area contributed by atoms with Crippen LogP contribution in [-0.4, -0.2) is 17.2 Å². The van der Waals surface area contributed by atoms with E-state index in [1.165, 1.54) is 5.56 Å². The molecule has 0 saturated carbocycles. The number of aromatic nitrogens is 2. The van der Waals surface area contributed by atoms with Crippen LogP contribution in [0.1, 0.15) is 23.6 Å². The van der Waals surface area contributed by atoms with E-state index in [4.69, 9.17) is 0 Å². The normalized spacial score (nSPS) is 17.7. The highest BCUT2D eigenvalue weighted by Crippen LogP contribution is 2.32. The molecule has 1 aliphatic carbocycles. The number of hydrogen-bond donors (Lipinski definition) is 1. The molecule has 1 atom stereocenters. The predicted octanol–water partition coefficient (Wildman–Crippen LogP) is 2.66. The van der Waals surface area contributed by atoms with Gasteiger partial charge in [-0.3, -0.25) is 0 Å². The maximum atomic E-state index is 12.7. The van der Waals surface area contributed by atoms with Crippen LogP contribution in [0.4, 0.5) is 0 Å². The summed E-state index contributed by atoms with van der Waals surface area (Å²) in [7, 11) is -3.63. The maximum absolute atomic E-state index is 12.7. The Bertz CT molecular complexity index is 950. The molecule has 0 saturated heterocycles. The van der Waals surface area contributed by atoms with Gasteiger partial charge in [-0.2, -0.15) is 8.75 Å². The third-order valence-electron chi connectivity index (χ3n) is 3.97. The van der Waals surface area contributed by atoms with Crippen molar-refractivity contribution in [3.63, 3.8) is 0 Å². The van der Waals surface area contributed by atoms with Crippen molar-refractivity contribution >= 4 is 32.8 Å². The van der Waals surface area contributed by atoms with Crippen LogP contribution in [0.25, 0.3) is 11.0 Å². The van der Waals surface area contributed by atoms with Gasteiger partial charge in [-0.15, -0.1) is 0 Å². The SMILES string of the molecule is O=S(=O)(NC1CCc2ccccc21)c1cccc2nsnc12. The quantitative estimate of drug-likeness (QED) is 0.801. The standard InChI is InChI=1S/C15H13N3O2S2/c19-22(20,14-7-3-6-13-15(14)17-21-16-13)18-12-9-8-10-4-1-2-5-11(10)12/h1-7,12,18H,8-9H2. The zero-order chi connectivity index (χ0) is 15.2. The molecular weight excluding hydrogens is 318 g/mol. The van der Waals surface area contributed by atoms with Crippen LogP contribution < -0.4 is 4.72 Å². The highest BCUT2D eigenvalue weighted by Gasteiger charge is 2.28. The Morgan fingerprint density at radius 3 is 2.86 bits per heavy atom. The molecule has 0 bridgehead atoms. The Morgan fingerprint density at radius 2 is 1.95 bits per heavy atom. The first kappa shape index (κ1) is 13.8. The van der Waals surface area contributed by atoms with Gasteiger partial charge in [0.05, 0.1) is 11.7 Å². The van der Waals surface area contributed by atoms with E-state index >= 15 is 0 Å². The van der Waals surface area contributed by atoms with Crippen LogP contribution in [0, 0.1) is 0 Å². The van der Waals surface area contributed by atoms with E-state index < -0.39 is 10.0 Å². The largest absolute Gasteiger partial charge is 0.243 e. The fourth-order valence-electron chi connectivity index (χ4n) is 2.93. The van der Waals surface area contributed by atoms with Gasteiger partial charge in [-0.05, 0) is 36.1 Å². The van der Waals surface area contributed by atoms with Crippen LogP contribution >= 0.6 is 11.7 Å².